The first-order valence-corrected chi connectivity index (χ1v) is 12.4. The Morgan fingerprint density at radius 1 is 1.23 bits per heavy atom. The van der Waals surface area contributed by atoms with E-state index in [1.54, 1.807) is 17.4 Å². The van der Waals surface area contributed by atoms with Crippen LogP contribution < -0.4 is 10.2 Å². The van der Waals surface area contributed by atoms with Gasteiger partial charge in [-0.25, -0.2) is 4.98 Å². The van der Waals surface area contributed by atoms with Crippen LogP contribution in [0.15, 0.2) is 56.7 Å². The van der Waals surface area contributed by atoms with Gasteiger partial charge in [0.1, 0.15) is 0 Å². The van der Waals surface area contributed by atoms with Crippen molar-refractivity contribution in [1.29, 1.82) is 0 Å². The van der Waals surface area contributed by atoms with Gasteiger partial charge in [-0.05, 0) is 30.3 Å². The number of benzene rings is 2. The van der Waals surface area contributed by atoms with E-state index in [1.165, 1.54) is 11.8 Å². The van der Waals surface area contributed by atoms with Crippen molar-refractivity contribution in [3.8, 4) is 11.3 Å². The lowest BCUT2D eigenvalue weighted by Crippen LogP contribution is -2.36. The number of thiazole rings is 1. The number of nitrogens with zero attached hydrogens (tertiary/aromatic N) is 2. The van der Waals surface area contributed by atoms with Gasteiger partial charge in [0.05, 0.1) is 36.0 Å². The van der Waals surface area contributed by atoms with Gasteiger partial charge in [0, 0.05) is 33.5 Å². The highest BCUT2D eigenvalue weighted by Gasteiger charge is 2.17. The lowest BCUT2D eigenvalue weighted by molar-refractivity contribution is -0.113. The van der Waals surface area contributed by atoms with Crippen LogP contribution in [0.1, 0.15) is 0 Å². The van der Waals surface area contributed by atoms with E-state index >= 15 is 0 Å². The highest BCUT2D eigenvalue weighted by atomic mass is 79.9. The van der Waals surface area contributed by atoms with Crippen LogP contribution in [0, 0.1) is 0 Å². The molecule has 1 aliphatic rings. The maximum absolute atomic E-state index is 12.6. The van der Waals surface area contributed by atoms with Crippen molar-refractivity contribution in [2.45, 2.75) is 4.34 Å². The van der Waals surface area contributed by atoms with Gasteiger partial charge in [-0.15, -0.1) is 11.3 Å². The molecule has 1 aromatic heterocycles. The number of halogens is 2. The predicted octanol–water partition coefficient (Wildman–Crippen LogP) is 5.79. The van der Waals surface area contributed by atoms with Crippen molar-refractivity contribution in [2.24, 2.45) is 0 Å². The van der Waals surface area contributed by atoms with E-state index in [9.17, 15) is 4.79 Å². The number of carbonyl (C=O) groups excluding carboxylic acids is 1. The summed E-state index contributed by atoms with van der Waals surface area (Å²) < 4.78 is 7.32. The smallest absolute Gasteiger partial charge is 0.234 e. The lowest BCUT2D eigenvalue weighted by atomic mass is 10.2. The fourth-order valence-corrected chi connectivity index (χ4v) is 5.15. The first-order valence-electron chi connectivity index (χ1n) is 9.35. The molecule has 1 aliphatic heterocycles. The summed E-state index contributed by atoms with van der Waals surface area (Å²) in [6, 6.07) is 13.6. The molecule has 0 saturated carbocycles. The van der Waals surface area contributed by atoms with Gasteiger partial charge in [-0.3, -0.25) is 4.79 Å². The second-order valence-electron chi connectivity index (χ2n) is 6.60. The summed E-state index contributed by atoms with van der Waals surface area (Å²) in [7, 11) is 0. The second-order valence-corrected chi connectivity index (χ2v) is 10.0. The van der Waals surface area contributed by atoms with Crippen molar-refractivity contribution in [2.75, 3.05) is 42.3 Å². The lowest BCUT2D eigenvalue weighted by Gasteiger charge is -2.30. The third kappa shape index (κ3) is 5.56. The average molecular weight is 525 g/mol. The highest BCUT2D eigenvalue weighted by Crippen LogP contribution is 2.31. The molecule has 0 aliphatic carbocycles. The van der Waals surface area contributed by atoms with Crippen LogP contribution in [-0.2, 0) is 9.53 Å². The Morgan fingerprint density at radius 2 is 2.00 bits per heavy atom. The molecule has 1 amide bonds. The molecule has 0 radical (unpaired) electrons. The third-order valence-electron chi connectivity index (χ3n) is 4.53. The van der Waals surface area contributed by atoms with Crippen molar-refractivity contribution in [3.63, 3.8) is 0 Å². The maximum Gasteiger partial charge on any atom is 0.234 e. The molecule has 5 nitrogen and oxygen atoms in total. The van der Waals surface area contributed by atoms with Crippen LogP contribution >= 0.6 is 50.6 Å². The molecule has 0 unspecified atom stereocenters. The van der Waals surface area contributed by atoms with Crippen LogP contribution in [-0.4, -0.2) is 42.9 Å². The zero-order valence-corrected chi connectivity index (χ0v) is 19.9. The zero-order chi connectivity index (χ0) is 20.9. The van der Waals surface area contributed by atoms with Gasteiger partial charge < -0.3 is 15.0 Å². The molecule has 4 rings (SSSR count). The summed E-state index contributed by atoms with van der Waals surface area (Å²) in [6.07, 6.45) is 0. The first kappa shape index (κ1) is 21.6. The van der Waals surface area contributed by atoms with E-state index in [0.717, 1.165) is 44.5 Å². The minimum atomic E-state index is -0.0860. The number of aromatic nitrogens is 1. The molecule has 0 atom stereocenters. The molecule has 1 N–H and O–H groups in total. The minimum Gasteiger partial charge on any atom is -0.378 e. The molecule has 30 heavy (non-hydrogen) atoms. The van der Waals surface area contributed by atoms with Crippen LogP contribution in [0.4, 0.5) is 11.4 Å². The number of anilines is 2. The summed E-state index contributed by atoms with van der Waals surface area (Å²) in [5.41, 5.74) is 3.66. The van der Waals surface area contributed by atoms with Crippen molar-refractivity contribution in [3.05, 3.63) is 57.3 Å². The monoisotopic (exact) mass is 523 g/mol. The number of rotatable bonds is 6. The molecule has 156 valence electrons. The SMILES string of the molecule is O=C(CSc1nc(-c2ccc(Br)cc2)cs1)Nc1cc(Cl)ccc1N1CCOCC1. The van der Waals surface area contributed by atoms with Crippen LogP contribution in [0.2, 0.25) is 5.02 Å². The third-order valence-corrected chi connectivity index (χ3v) is 7.32. The fourth-order valence-electron chi connectivity index (χ4n) is 3.08. The van der Waals surface area contributed by atoms with Gasteiger partial charge in [-0.1, -0.05) is 51.4 Å². The van der Waals surface area contributed by atoms with E-state index in [1.807, 2.05) is 41.8 Å². The van der Waals surface area contributed by atoms with Gasteiger partial charge in [0.2, 0.25) is 5.91 Å². The average Bonchev–Trinajstić information content (AvgIpc) is 3.23. The zero-order valence-electron chi connectivity index (χ0n) is 15.9. The molecule has 9 heteroatoms. The Hall–Kier alpha value is -1.58. The summed E-state index contributed by atoms with van der Waals surface area (Å²) in [5, 5.41) is 5.61. The quantitative estimate of drug-likeness (QED) is 0.414. The molecule has 2 aromatic carbocycles. The Kier molecular flexibility index (Phi) is 7.32. The maximum atomic E-state index is 12.6. The number of morpholine rings is 1. The Labute approximate surface area is 196 Å². The Bertz CT molecular complexity index is 1020. The molecular weight excluding hydrogens is 506 g/mol. The summed E-state index contributed by atoms with van der Waals surface area (Å²) >= 11 is 12.6. The van der Waals surface area contributed by atoms with Crippen LogP contribution in [0.25, 0.3) is 11.3 Å². The predicted molar refractivity (Wildman–Crippen MR) is 129 cm³/mol. The summed E-state index contributed by atoms with van der Waals surface area (Å²) in [6.45, 7) is 2.93. The second kappa shape index (κ2) is 10.2. The fraction of sp³-hybridized carbons (Fsp3) is 0.238. The number of hydrogen-bond donors (Lipinski definition) is 1. The highest BCUT2D eigenvalue weighted by molar-refractivity contribution is 9.10. The van der Waals surface area contributed by atoms with Crippen LogP contribution in [0.5, 0.6) is 0 Å². The first-order chi connectivity index (χ1) is 14.6. The van der Waals surface area contributed by atoms with Gasteiger partial charge in [-0.2, -0.15) is 0 Å². The topological polar surface area (TPSA) is 54.5 Å². The number of nitrogens with one attached hydrogen (secondary N) is 1. The largest absolute Gasteiger partial charge is 0.378 e. The van der Waals surface area contributed by atoms with Gasteiger partial charge >= 0.3 is 0 Å². The molecule has 0 bridgehead atoms. The van der Waals surface area contributed by atoms with E-state index in [4.69, 9.17) is 16.3 Å². The van der Waals surface area contributed by atoms with Gasteiger partial charge in [0.15, 0.2) is 4.34 Å². The number of ether oxygens (including phenoxy) is 1. The molecule has 2 heterocycles. The van der Waals surface area contributed by atoms with Crippen molar-refractivity contribution in [1.82, 2.24) is 4.98 Å². The number of thioether (sulfide) groups is 1. The van der Waals surface area contributed by atoms with E-state index in [-0.39, 0.29) is 11.7 Å². The molecule has 1 fully saturated rings. The van der Waals surface area contributed by atoms with Gasteiger partial charge in [0.25, 0.3) is 0 Å². The van der Waals surface area contributed by atoms with Crippen molar-refractivity contribution >= 4 is 67.9 Å². The number of hydrogen-bond acceptors (Lipinski definition) is 6. The number of amides is 1. The molecule has 3 aromatic rings. The van der Waals surface area contributed by atoms with E-state index in [2.05, 4.69) is 31.1 Å². The normalized spacial score (nSPS) is 14.0. The minimum absolute atomic E-state index is 0.0860. The molecular formula is C21H19BrClN3O2S2. The summed E-state index contributed by atoms with van der Waals surface area (Å²) in [5.74, 6) is 0.194. The van der Waals surface area contributed by atoms with Crippen molar-refractivity contribution < 1.29 is 9.53 Å². The van der Waals surface area contributed by atoms with Crippen LogP contribution in [0.3, 0.4) is 0 Å². The molecule has 1 saturated heterocycles. The number of carbonyl (C=O) groups is 1. The molecule has 0 spiro atoms. The standard InChI is InChI=1S/C21H19BrClN3O2S2/c22-15-3-1-14(2-4-15)18-12-29-21(25-18)30-13-20(27)24-17-11-16(23)5-6-19(17)26-7-9-28-10-8-26/h1-6,11-12H,7-10,13H2,(H,24,27). The Morgan fingerprint density at radius 3 is 2.77 bits per heavy atom. The van der Waals surface area contributed by atoms with E-state index < -0.39 is 0 Å². The Balaban J connectivity index is 1.38. The van der Waals surface area contributed by atoms with E-state index in [0.29, 0.717) is 18.2 Å². The summed E-state index contributed by atoms with van der Waals surface area (Å²) in [4.78, 5) is 19.4.